The summed E-state index contributed by atoms with van der Waals surface area (Å²) in [5.41, 5.74) is 0.779. The second-order valence-electron chi connectivity index (χ2n) is 6.11. The van der Waals surface area contributed by atoms with Crippen molar-refractivity contribution in [3.05, 3.63) is 17.7 Å². The average molecular weight is 352 g/mol. The highest BCUT2D eigenvalue weighted by atomic mass is 16.5. The number of rotatable bonds is 8. The van der Waals surface area contributed by atoms with E-state index in [-0.39, 0.29) is 17.7 Å². The minimum atomic E-state index is -0.575. The highest BCUT2D eigenvalue weighted by Crippen LogP contribution is 2.40. The molecule has 1 rings (SSSR count). The average Bonchev–Trinajstić information content (AvgIpc) is 2.57. The summed E-state index contributed by atoms with van der Waals surface area (Å²) in [7, 11) is 6.31. The zero-order valence-electron chi connectivity index (χ0n) is 16.0. The first-order valence-corrected chi connectivity index (χ1v) is 8.06. The van der Waals surface area contributed by atoms with Gasteiger partial charge in [-0.05, 0) is 18.1 Å². The standard InChI is InChI=1S/C18H28N2O5/c1-11(2)15(19-12(3)21)18(22)20(4)10-13-8-9-14(23-5)17(25-7)16(13)24-6/h8-9,11,15H,10H2,1-7H3,(H,19,21). The topological polar surface area (TPSA) is 77.1 Å². The Labute approximate surface area is 149 Å². The minimum Gasteiger partial charge on any atom is -0.493 e. The number of carbonyl (C=O) groups is 2. The Kier molecular flexibility index (Phi) is 7.54. The Morgan fingerprint density at radius 3 is 2.12 bits per heavy atom. The van der Waals surface area contributed by atoms with Crippen molar-refractivity contribution in [2.24, 2.45) is 5.92 Å². The third-order valence-corrected chi connectivity index (χ3v) is 3.86. The van der Waals surface area contributed by atoms with Gasteiger partial charge < -0.3 is 24.4 Å². The molecule has 0 spiro atoms. The molecule has 0 aromatic heterocycles. The third kappa shape index (κ3) is 5.01. The lowest BCUT2D eigenvalue weighted by molar-refractivity contribution is -0.136. The Hall–Kier alpha value is -2.44. The molecule has 7 nitrogen and oxygen atoms in total. The van der Waals surface area contributed by atoms with Gasteiger partial charge in [-0.15, -0.1) is 0 Å². The van der Waals surface area contributed by atoms with Crippen molar-refractivity contribution in [2.45, 2.75) is 33.4 Å². The normalized spacial score (nSPS) is 11.7. The van der Waals surface area contributed by atoms with Gasteiger partial charge in [0.15, 0.2) is 11.5 Å². The van der Waals surface area contributed by atoms with E-state index < -0.39 is 6.04 Å². The summed E-state index contributed by atoms with van der Waals surface area (Å²) in [6, 6.07) is 3.02. The molecule has 2 amide bonds. The molecule has 0 heterocycles. The number of hydrogen-bond donors (Lipinski definition) is 1. The molecule has 140 valence electrons. The van der Waals surface area contributed by atoms with Gasteiger partial charge in [0.05, 0.1) is 21.3 Å². The molecular formula is C18H28N2O5. The van der Waals surface area contributed by atoms with Crippen LogP contribution in [0.4, 0.5) is 0 Å². The van der Waals surface area contributed by atoms with Crippen LogP contribution >= 0.6 is 0 Å². The van der Waals surface area contributed by atoms with Crippen molar-refractivity contribution in [3.8, 4) is 17.2 Å². The number of nitrogens with one attached hydrogen (secondary N) is 1. The number of likely N-dealkylation sites (N-methyl/N-ethyl adjacent to an activating group) is 1. The molecule has 1 atom stereocenters. The third-order valence-electron chi connectivity index (χ3n) is 3.86. The fourth-order valence-electron chi connectivity index (χ4n) is 2.59. The molecule has 0 bridgehead atoms. The van der Waals surface area contributed by atoms with E-state index in [9.17, 15) is 9.59 Å². The minimum absolute atomic E-state index is 0.0221. The van der Waals surface area contributed by atoms with Crippen LogP contribution in [0.1, 0.15) is 26.3 Å². The summed E-state index contributed by atoms with van der Waals surface area (Å²) in [6.07, 6.45) is 0. The van der Waals surface area contributed by atoms with Crippen molar-refractivity contribution in [1.82, 2.24) is 10.2 Å². The molecule has 0 fully saturated rings. The molecule has 1 aromatic carbocycles. The maximum Gasteiger partial charge on any atom is 0.245 e. The van der Waals surface area contributed by atoms with E-state index in [4.69, 9.17) is 14.2 Å². The number of carbonyl (C=O) groups excluding carboxylic acids is 2. The lowest BCUT2D eigenvalue weighted by Gasteiger charge is -2.27. The summed E-state index contributed by atoms with van der Waals surface area (Å²) in [5, 5.41) is 2.71. The quantitative estimate of drug-likeness (QED) is 0.772. The molecule has 25 heavy (non-hydrogen) atoms. The molecule has 1 aromatic rings. The predicted molar refractivity (Wildman–Crippen MR) is 95.0 cm³/mol. The maximum atomic E-state index is 12.7. The van der Waals surface area contributed by atoms with E-state index in [1.54, 1.807) is 25.1 Å². The Morgan fingerprint density at radius 2 is 1.68 bits per heavy atom. The molecule has 0 saturated heterocycles. The fraction of sp³-hybridized carbons (Fsp3) is 0.556. The highest BCUT2D eigenvalue weighted by molar-refractivity contribution is 5.87. The summed E-state index contributed by atoms with van der Waals surface area (Å²) >= 11 is 0. The van der Waals surface area contributed by atoms with E-state index in [0.717, 1.165) is 5.56 Å². The smallest absolute Gasteiger partial charge is 0.245 e. The Bertz CT molecular complexity index is 616. The fourth-order valence-corrected chi connectivity index (χ4v) is 2.59. The Balaban J connectivity index is 3.08. The van der Waals surface area contributed by atoms with Gasteiger partial charge in [-0.2, -0.15) is 0 Å². The molecule has 0 saturated carbocycles. The summed E-state index contributed by atoms with van der Waals surface area (Å²) in [5.74, 6) is 1.13. The van der Waals surface area contributed by atoms with Gasteiger partial charge in [-0.25, -0.2) is 0 Å². The second-order valence-corrected chi connectivity index (χ2v) is 6.11. The largest absolute Gasteiger partial charge is 0.493 e. The maximum absolute atomic E-state index is 12.7. The summed E-state index contributed by atoms with van der Waals surface area (Å²) < 4.78 is 16.1. The second kappa shape index (κ2) is 9.15. The lowest BCUT2D eigenvalue weighted by Crippen LogP contribution is -2.49. The van der Waals surface area contributed by atoms with Crippen molar-refractivity contribution in [1.29, 1.82) is 0 Å². The van der Waals surface area contributed by atoms with Crippen LogP contribution in [0.3, 0.4) is 0 Å². The van der Waals surface area contributed by atoms with Crippen molar-refractivity contribution < 1.29 is 23.8 Å². The van der Waals surface area contributed by atoms with Crippen LogP contribution < -0.4 is 19.5 Å². The SMILES string of the molecule is COc1ccc(CN(C)C(=O)C(NC(C)=O)C(C)C)c(OC)c1OC. The van der Waals surface area contributed by atoms with Crippen LogP contribution in [0.2, 0.25) is 0 Å². The van der Waals surface area contributed by atoms with Crippen LogP contribution in [0.25, 0.3) is 0 Å². The van der Waals surface area contributed by atoms with E-state index >= 15 is 0 Å². The Morgan fingerprint density at radius 1 is 1.08 bits per heavy atom. The van der Waals surface area contributed by atoms with Crippen LogP contribution in [-0.2, 0) is 16.1 Å². The van der Waals surface area contributed by atoms with E-state index in [0.29, 0.717) is 23.8 Å². The summed E-state index contributed by atoms with van der Waals surface area (Å²) in [4.78, 5) is 25.6. The van der Waals surface area contributed by atoms with Gasteiger partial charge in [-0.3, -0.25) is 9.59 Å². The van der Waals surface area contributed by atoms with Crippen molar-refractivity contribution in [2.75, 3.05) is 28.4 Å². The zero-order chi connectivity index (χ0) is 19.1. The van der Waals surface area contributed by atoms with Crippen molar-refractivity contribution in [3.63, 3.8) is 0 Å². The molecule has 1 N–H and O–H groups in total. The first-order chi connectivity index (χ1) is 11.8. The number of benzene rings is 1. The molecular weight excluding hydrogens is 324 g/mol. The number of methoxy groups -OCH3 is 3. The number of nitrogens with zero attached hydrogens (tertiary/aromatic N) is 1. The number of amides is 2. The monoisotopic (exact) mass is 352 g/mol. The van der Waals surface area contributed by atoms with Gasteiger partial charge in [0.1, 0.15) is 6.04 Å². The molecule has 0 aliphatic rings. The van der Waals surface area contributed by atoms with E-state index in [1.165, 1.54) is 21.1 Å². The zero-order valence-corrected chi connectivity index (χ0v) is 16.0. The first kappa shape index (κ1) is 20.6. The van der Waals surface area contributed by atoms with Crippen LogP contribution in [0.15, 0.2) is 12.1 Å². The molecule has 1 unspecified atom stereocenters. The highest BCUT2D eigenvalue weighted by Gasteiger charge is 2.27. The van der Waals surface area contributed by atoms with Crippen LogP contribution in [0, 0.1) is 5.92 Å². The first-order valence-electron chi connectivity index (χ1n) is 8.06. The van der Waals surface area contributed by atoms with Gasteiger partial charge in [0.2, 0.25) is 17.6 Å². The van der Waals surface area contributed by atoms with E-state index in [1.807, 2.05) is 19.9 Å². The number of ether oxygens (including phenoxy) is 3. The molecule has 0 radical (unpaired) electrons. The molecule has 0 aliphatic heterocycles. The van der Waals surface area contributed by atoms with E-state index in [2.05, 4.69) is 5.32 Å². The lowest BCUT2D eigenvalue weighted by atomic mass is 10.0. The predicted octanol–water partition coefficient (Wildman–Crippen LogP) is 1.83. The van der Waals surface area contributed by atoms with Gasteiger partial charge >= 0.3 is 0 Å². The van der Waals surface area contributed by atoms with Gasteiger partial charge in [-0.1, -0.05) is 13.8 Å². The summed E-state index contributed by atoms with van der Waals surface area (Å²) in [6.45, 7) is 5.50. The van der Waals surface area contributed by atoms with Gasteiger partial charge in [0, 0.05) is 26.1 Å². The number of hydrogen-bond acceptors (Lipinski definition) is 5. The van der Waals surface area contributed by atoms with Crippen molar-refractivity contribution >= 4 is 11.8 Å². The van der Waals surface area contributed by atoms with Crippen LogP contribution in [-0.4, -0.2) is 51.1 Å². The molecule has 0 aliphatic carbocycles. The molecule has 7 heteroatoms. The van der Waals surface area contributed by atoms with Crippen LogP contribution in [0.5, 0.6) is 17.2 Å². The van der Waals surface area contributed by atoms with Gasteiger partial charge in [0.25, 0.3) is 0 Å².